The highest BCUT2D eigenvalue weighted by Crippen LogP contribution is 2.39. The van der Waals surface area contributed by atoms with Crippen molar-refractivity contribution in [1.29, 1.82) is 0 Å². The van der Waals surface area contributed by atoms with Gasteiger partial charge < -0.3 is 30.0 Å². The number of hydrogen-bond acceptors (Lipinski definition) is 12. The zero-order valence-corrected chi connectivity index (χ0v) is 28.7. The van der Waals surface area contributed by atoms with Crippen LogP contribution in [0.1, 0.15) is 66.9 Å². The molecule has 2 aromatic heterocycles. The molecule has 0 saturated heterocycles. The highest BCUT2D eigenvalue weighted by Gasteiger charge is 2.40. The average Bonchev–Trinajstić information content (AvgIpc) is 3.81. The number of nitrogens with two attached hydrogens (primary N) is 1. The number of hydrogen-bond donors (Lipinski definition) is 2. The van der Waals surface area contributed by atoms with Crippen LogP contribution in [0.5, 0.6) is 0 Å². The van der Waals surface area contributed by atoms with Crippen molar-refractivity contribution in [3.63, 3.8) is 0 Å². The lowest BCUT2D eigenvalue weighted by Crippen LogP contribution is -2.51. The van der Waals surface area contributed by atoms with Crippen molar-refractivity contribution in [3.8, 4) is 11.4 Å². The Morgan fingerprint density at radius 2 is 1.88 bits per heavy atom. The Hall–Kier alpha value is -5.35. The van der Waals surface area contributed by atoms with Crippen molar-refractivity contribution in [2.24, 2.45) is 10.9 Å². The molecule has 1 fully saturated rings. The number of nitrogens with zero attached hydrogens (tertiary/aromatic N) is 5. The number of halogens is 1. The number of amides is 2. The van der Waals surface area contributed by atoms with Gasteiger partial charge in [-0.15, -0.1) is 0 Å². The highest BCUT2D eigenvalue weighted by atomic mass is 35.5. The molecule has 6 rings (SSSR count). The van der Waals surface area contributed by atoms with Crippen LogP contribution in [0.25, 0.3) is 11.4 Å². The molecule has 260 valence electrons. The first kappa shape index (κ1) is 34.5. The van der Waals surface area contributed by atoms with Crippen molar-refractivity contribution in [2.75, 3.05) is 10.7 Å². The molecule has 2 aliphatic rings. The molecule has 0 bridgehead atoms. The van der Waals surface area contributed by atoms with Crippen LogP contribution >= 0.6 is 11.6 Å². The standard InChI is InChI=1S/C33H32ClN7O8S/c1-33(2,3)47-32(44)37-23-17-50(45,46)25-13-12-21(27(35)39-49-31(43)22-5-4-14-36-26(22)34)15-24(25)41(30(23)42)16-18-6-8-19(9-7-18)28-38-29(48-40-28)20-10-11-20/h4-9,12-15,20,23H,10-11,16-17H2,1-3H3,(H2,35,39)(H,37,44)/t23-/m0/s1. The highest BCUT2D eigenvalue weighted by molar-refractivity contribution is 7.91. The van der Waals surface area contributed by atoms with Gasteiger partial charge in [0, 0.05) is 23.2 Å². The van der Waals surface area contributed by atoms with Crippen LogP contribution in [0, 0.1) is 0 Å². The summed E-state index contributed by atoms with van der Waals surface area (Å²) in [6.45, 7) is 4.81. The second-order valence-corrected chi connectivity index (χ2v) is 15.1. The minimum absolute atomic E-state index is 0.0305. The predicted octanol–water partition coefficient (Wildman–Crippen LogP) is 4.35. The zero-order valence-electron chi connectivity index (χ0n) is 27.1. The summed E-state index contributed by atoms with van der Waals surface area (Å²) in [5, 5.41) is 10.1. The Morgan fingerprint density at radius 1 is 1.14 bits per heavy atom. The van der Waals surface area contributed by atoms with E-state index in [1.54, 1.807) is 45.0 Å². The fourth-order valence-corrected chi connectivity index (χ4v) is 6.88. The Bertz CT molecular complexity index is 2110. The second-order valence-electron chi connectivity index (χ2n) is 12.7. The summed E-state index contributed by atoms with van der Waals surface area (Å²) < 4.78 is 38.1. The van der Waals surface area contributed by atoms with Crippen molar-refractivity contribution in [2.45, 2.75) is 62.6 Å². The number of rotatable bonds is 8. The monoisotopic (exact) mass is 721 g/mol. The fourth-order valence-electron chi connectivity index (χ4n) is 5.08. The number of nitrogens with one attached hydrogen (secondary N) is 1. The number of carbonyl (C=O) groups excluding carboxylic acids is 3. The van der Waals surface area contributed by atoms with Gasteiger partial charge in [-0.2, -0.15) is 4.98 Å². The molecule has 50 heavy (non-hydrogen) atoms. The summed E-state index contributed by atoms with van der Waals surface area (Å²) in [5.41, 5.74) is 6.61. The van der Waals surface area contributed by atoms with Crippen LogP contribution in [0.15, 0.2) is 75.4 Å². The van der Waals surface area contributed by atoms with Gasteiger partial charge in [-0.25, -0.2) is 23.0 Å². The summed E-state index contributed by atoms with van der Waals surface area (Å²) in [5.74, 6) is -1.37. The van der Waals surface area contributed by atoms with E-state index in [9.17, 15) is 22.8 Å². The summed E-state index contributed by atoms with van der Waals surface area (Å²) >= 11 is 5.97. The van der Waals surface area contributed by atoms with E-state index in [4.69, 9.17) is 31.4 Å². The van der Waals surface area contributed by atoms with Crippen LogP contribution in [-0.4, -0.2) is 64.7 Å². The minimum Gasteiger partial charge on any atom is -0.444 e. The van der Waals surface area contributed by atoms with E-state index >= 15 is 0 Å². The van der Waals surface area contributed by atoms with Crippen LogP contribution in [0.3, 0.4) is 0 Å². The van der Waals surface area contributed by atoms with Gasteiger partial charge in [-0.1, -0.05) is 46.2 Å². The van der Waals surface area contributed by atoms with E-state index < -0.39 is 45.2 Å². The maximum absolute atomic E-state index is 14.2. The van der Waals surface area contributed by atoms with E-state index in [1.807, 2.05) is 0 Å². The predicted molar refractivity (Wildman–Crippen MR) is 180 cm³/mol. The lowest BCUT2D eigenvalue weighted by atomic mass is 10.1. The SMILES string of the molecule is CC(C)(C)OC(=O)N[C@H]1CS(=O)(=O)c2ccc(C(N)=NOC(=O)c3cccnc3Cl)cc2N(Cc2ccc(-c3noc(C4CC4)n3)cc2)C1=O. The Morgan fingerprint density at radius 3 is 2.56 bits per heavy atom. The first-order chi connectivity index (χ1) is 23.7. The maximum atomic E-state index is 14.2. The van der Waals surface area contributed by atoms with Gasteiger partial charge in [0.2, 0.25) is 11.7 Å². The van der Waals surface area contributed by atoms with Crippen LogP contribution in [0.4, 0.5) is 10.5 Å². The van der Waals surface area contributed by atoms with E-state index in [0.29, 0.717) is 28.8 Å². The van der Waals surface area contributed by atoms with Gasteiger partial charge in [0.1, 0.15) is 16.8 Å². The number of alkyl carbamates (subject to hydrolysis) is 1. The number of pyridine rings is 1. The third kappa shape index (κ3) is 7.76. The smallest absolute Gasteiger partial charge is 0.408 e. The lowest BCUT2D eigenvalue weighted by molar-refractivity contribution is -0.120. The number of fused-ring (bicyclic) bond motifs is 1. The summed E-state index contributed by atoms with van der Waals surface area (Å²) in [4.78, 5) is 53.7. The molecule has 15 nitrogen and oxygen atoms in total. The molecular formula is C33H32ClN7O8S. The quantitative estimate of drug-likeness (QED) is 0.0855. The third-order valence-corrected chi connectivity index (χ3v) is 9.74. The van der Waals surface area contributed by atoms with Crippen molar-refractivity contribution in [1.82, 2.24) is 20.4 Å². The molecule has 0 radical (unpaired) electrons. The summed E-state index contributed by atoms with van der Waals surface area (Å²) in [6.07, 6.45) is 2.46. The molecule has 2 aromatic carbocycles. The minimum atomic E-state index is -4.17. The molecule has 1 aliphatic carbocycles. The topological polar surface area (TPSA) is 209 Å². The van der Waals surface area contributed by atoms with Crippen LogP contribution in [0.2, 0.25) is 5.15 Å². The van der Waals surface area contributed by atoms with Crippen LogP contribution in [-0.2, 0) is 30.8 Å². The summed E-state index contributed by atoms with van der Waals surface area (Å²) in [7, 11) is -4.17. The molecule has 1 aliphatic heterocycles. The van der Waals surface area contributed by atoms with Crippen molar-refractivity contribution in [3.05, 3.63) is 88.5 Å². The molecule has 1 atom stereocenters. The number of carbonyl (C=O) groups is 3. The largest absolute Gasteiger partial charge is 0.444 e. The molecule has 0 unspecified atom stereocenters. The first-order valence-corrected chi connectivity index (χ1v) is 17.5. The Kier molecular flexibility index (Phi) is 9.33. The Balaban J connectivity index is 1.33. The number of amidine groups is 1. The van der Waals surface area contributed by atoms with E-state index in [2.05, 4.69) is 25.6 Å². The summed E-state index contributed by atoms with van der Waals surface area (Å²) in [6, 6.07) is 12.4. The number of sulfone groups is 1. The van der Waals surface area contributed by atoms with Gasteiger partial charge in [-0.05, 0) is 69.5 Å². The number of ether oxygens (including phenoxy) is 1. The third-order valence-electron chi connectivity index (χ3n) is 7.65. The maximum Gasteiger partial charge on any atom is 0.408 e. The van der Waals surface area contributed by atoms with Crippen molar-refractivity contribution >= 4 is 50.9 Å². The molecule has 4 aromatic rings. The van der Waals surface area contributed by atoms with Gasteiger partial charge >= 0.3 is 12.1 Å². The van der Waals surface area contributed by atoms with Gasteiger partial charge in [0.05, 0.1) is 28.4 Å². The number of benzene rings is 2. The number of anilines is 1. The molecule has 3 heterocycles. The fraction of sp³-hybridized carbons (Fsp3) is 0.303. The van der Waals surface area contributed by atoms with E-state index in [1.165, 1.54) is 41.4 Å². The van der Waals surface area contributed by atoms with Gasteiger partial charge in [0.15, 0.2) is 15.7 Å². The normalized spacial score (nSPS) is 17.4. The van der Waals surface area contributed by atoms with Gasteiger partial charge in [0.25, 0.3) is 5.91 Å². The van der Waals surface area contributed by atoms with Crippen molar-refractivity contribution < 1.29 is 36.9 Å². The van der Waals surface area contributed by atoms with E-state index in [-0.39, 0.29) is 39.2 Å². The molecule has 3 N–H and O–H groups in total. The average molecular weight is 722 g/mol. The zero-order chi connectivity index (χ0) is 35.8. The molecule has 1 saturated carbocycles. The second kappa shape index (κ2) is 13.5. The molecule has 2 amide bonds. The van der Waals surface area contributed by atoms with Gasteiger partial charge in [-0.3, -0.25) is 4.79 Å². The van der Waals surface area contributed by atoms with E-state index in [0.717, 1.165) is 12.8 Å². The first-order valence-electron chi connectivity index (χ1n) is 15.4. The number of oxime groups is 1. The lowest BCUT2D eigenvalue weighted by Gasteiger charge is -2.27. The van der Waals surface area contributed by atoms with Crippen LogP contribution < -0.4 is 16.0 Å². The number of aromatic nitrogens is 3. The molecular weight excluding hydrogens is 690 g/mol. The molecule has 0 spiro atoms. The molecule has 17 heteroatoms. The Labute approximate surface area is 291 Å².